The molecule has 2 N–H and O–H groups in total. The first-order valence-electron chi connectivity index (χ1n) is 11.3. The van der Waals surface area contributed by atoms with E-state index in [4.69, 9.17) is 16.3 Å². The third-order valence-corrected chi connectivity index (χ3v) is 6.80. The van der Waals surface area contributed by atoms with Gasteiger partial charge in [-0.05, 0) is 66.1 Å². The first kappa shape index (κ1) is 23.6. The Labute approximate surface area is 211 Å². The molecule has 1 amide bonds. The number of hydrogen-bond acceptors (Lipinski definition) is 4. The fraction of sp³-hybridized carbons (Fsp3) is 0.143. The van der Waals surface area contributed by atoms with Gasteiger partial charge in [0, 0.05) is 34.2 Å². The van der Waals surface area contributed by atoms with Crippen LogP contribution in [0, 0.1) is 5.82 Å². The average molecular weight is 505 g/mol. The van der Waals surface area contributed by atoms with Gasteiger partial charge in [0.05, 0.1) is 18.7 Å². The second-order valence-corrected chi connectivity index (χ2v) is 8.90. The summed E-state index contributed by atoms with van der Waals surface area (Å²) in [6.45, 7) is 0.199. The molecule has 3 aromatic carbocycles. The number of nitrogens with one attached hydrogen (secondary N) is 1. The predicted molar refractivity (Wildman–Crippen MR) is 135 cm³/mol. The van der Waals surface area contributed by atoms with Crippen LogP contribution in [0.3, 0.4) is 0 Å². The largest absolute Gasteiger partial charge is 0.507 e. The van der Waals surface area contributed by atoms with Gasteiger partial charge in [-0.3, -0.25) is 9.59 Å². The number of methoxy groups -OCH3 is 1. The van der Waals surface area contributed by atoms with Gasteiger partial charge < -0.3 is 19.7 Å². The molecule has 1 aliphatic heterocycles. The van der Waals surface area contributed by atoms with Crippen LogP contribution in [-0.4, -0.2) is 40.3 Å². The zero-order chi connectivity index (χ0) is 25.4. The number of aliphatic hydroxyl groups excluding tert-OH is 1. The number of rotatable bonds is 6. The molecular formula is C28H22ClFN2O4. The lowest BCUT2D eigenvalue weighted by molar-refractivity contribution is -0.139. The smallest absolute Gasteiger partial charge is 0.295 e. The average Bonchev–Trinajstić information content (AvgIpc) is 3.40. The molecule has 0 spiro atoms. The summed E-state index contributed by atoms with van der Waals surface area (Å²) in [5, 5.41) is 12.4. The summed E-state index contributed by atoms with van der Waals surface area (Å²) in [5.41, 5.74) is 2.53. The van der Waals surface area contributed by atoms with Crippen molar-refractivity contribution in [2.75, 3.05) is 13.7 Å². The Balaban J connectivity index is 1.56. The molecule has 1 atom stereocenters. The molecular weight excluding hydrogens is 483 g/mol. The van der Waals surface area contributed by atoms with Crippen molar-refractivity contribution in [3.63, 3.8) is 0 Å². The van der Waals surface area contributed by atoms with Crippen molar-refractivity contribution < 1.29 is 23.8 Å². The van der Waals surface area contributed by atoms with Crippen LogP contribution in [0.15, 0.2) is 78.5 Å². The van der Waals surface area contributed by atoms with Crippen LogP contribution in [0.25, 0.3) is 16.7 Å². The summed E-state index contributed by atoms with van der Waals surface area (Å²) in [6.07, 6.45) is 2.31. The number of ketones is 1. The number of hydrogen-bond donors (Lipinski definition) is 2. The molecule has 1 aromatic heterocycles. The van der Waals surface area contributed by atoms with Crippen LogP contribution in [0.1, 0.15) is 22.7 Å². The molecule has 5 rings (SSSR count). The molecule has 2 heterocycles. The highest BCUT2D eigenvalue weighted by atomic mass is 35.5. The van der Waals surface area contributed by atoms with E-state index in [1.165, 1.54) is 29.2 Å². The van der Waals surface area contributed by atoms with Gasteiger partial charge in [0.1, 0.15) is 17.3 Å². The molecule has 4 aromatic rings. The third kappa shape index (κ3) is 4.12. The van der Waals surface area contributed by atoms with E-state index in [1.54, 1.807) is 31.4 Å². The zero-order valence-electron chi connectivity index (χ0n) is 19.3. The highest BCUT2D eigenvalue weighted by Crippen LogP contribution is 2.42. The van der Waals surface area contributed by atoms with Crippen LogP contribution in [0.4, 0.5) is 4.39 Å². The molecule has 1 saturated heterocycles. The lowest BCUT2D eigenvalue weighted by Crippen LogP contribution is -2.31. The molecule has 1 fully saturated rings. The number of H-pyrrole nitrogens is 1. The van der Waals surface area contributed by atoms with Crippen molar-refractivity contribution in [1.82, 2.24) is 9.88 Å². The molecule has 0 unspecified atom stereocenters. The normalized spacial score (nSPS) is 17.2. The van der Waals surface area contributed by atoms with Crippen molar-refractivity contribution in [2.45, 2.75) is 12.5 Å². The summed E-state index contributed by atoms with van der Waals surface area (Å²) in [7, 11) is 1.59. The van der Waals surface area contributed by atoms with E-state index < -0.39 is 23.5 Å². The van der Waals surface area contributed by atoms with Gasteiger partial charge >= 0.3 is 0 Å². The number of amides is 1. The number of aromatic amines is 1. The maximum absolute atomic E-state index is 13.5. The number of likely N-dealkylation sites (tertiary alicyclic amines) is 1. The van der Waals surface area contributed by atoms with E-state index in [2.05, 4.69) is 4.98 Å². The monoisotopic (exact) mass is 504 g/mol. The van der Waals surface area contributed by atoms with Gasteiger partial charge in [-0.25, -0.2) is 4.39 Å². The maximum Gasteiger partial charge on any atom is 0.295 e. The molecule has 0 radical (unpaired) electrons. The number of nitrogens with zero attached hydrogens (tertiary/aromatic N) is 1. The minimum absolute atomic E-state index is 0.0831. The minimum atomic E-state index is -0.900. The second kappa shape index (κ2) is 9.51. The molecule has 182 valence electrons. The number of aromatic nitrogens is 1. The molecule has 0 saturated carbocycles. The lowest BCUT2D eigenvalue weighted by Gasteiger charge is -2.26. The van der Waals surface area contributed by atoms with Crippen molar-refractivity contribution in [3.8, 4) is 5.75 Å². The van der Waals surface area contributed by atoms with Gasteiger partial charge in [0.15, 0.2) is 0 Å². The molecule has 0 bridgehead atoms. The Morgan fingerprint density at radius 1 is 1.11 bits per heavy atom. The van der Waals surface area contributed by atoms with E-state index in [0.717, 1.165) is 16.5 Å². The van der Waals surface area contributed by atoms with Gasteiger partial charge in [-0.1, -0.05) is 29.8 Å². The first-order valence-corrected chi connectivity index (χ1v) is 11.7. The number of ether oxygens (including phenoxy) is 1. The van der Waals surface area contributed by atoms with E-state index in [9.17, 15) is 19.1 Å². The van der Waals surface area contributed by atoms with Crippen LogP contribution >= 0.6 is 11.6 Å². The van der Waals surface area contributed by atoms with E-state index in [1.807, 2.05) is 24.4 Å². The van der Waals surface area contributed by atoms with Crippen LogP contribution in [-0.2, 0) is 16.0 Å². The van der Waals surface area contributed by atoms with E-state index in [-0.39, 0.29) is 23.4 Å². The number of Topliss-reactive ketones (excluding diaryl/α,β-unsaturated/α-hetero) is 1. The Morgan fingerprint density at radius 2 is 1.86 bits per heavy atom. The fourth-order valence-corrected chi connectivity index (χ4v) is 4.87. The highest BCUT2D eigenvalue weighted by molar-refractivity contribution is 6.47. The predicted octanol–water partition coefficient (Wildman–Crippen LogP) is 5.63. The lowest BCUT2D eigenvalue weighted by atomic mass is 9.95. The fourth-order valence-electron chi connectivity index (χ4n) is 4.63. The van der Waals surface area contributed by atoms with E-state index >= 15 is 0 Å². The summed E-state index contributed by atoms with van der Waals surface area (Å²) in [5.74, 6) is -1.70. The zero-order valence-corrected chi connectivity index (χ0v) is 20.1. The number of aliphatic hydroxyl groups is 1. The van der Waals surface area contributed by atoms with Crippen LogP contribution in [0.2, 0.25) is 5.02 Å². The summed E-state index contributed by atoms with van der Waals surface area (Å²) in [4.78, 5) is 31.1. The summed E-state index contributed by atoms with van der Waals surface area (Å²) in [6, 6.07) is 16.8. The number of carbonyl (C=O) groups is 2. The standard InChI is InChI=1S/C28H22ClFN2O4/c1-36-19-10-11-23-21(14-19)17(15-31-23)12-13-32-25(20-4-2-3-5-22(20)29)24(27(34)28(32)35)26(33)16-6-8-18(30)9-7-16/h2-11,14-15,25,31,33H,12-13H2,1H3/t25-/m1/s1. The number of fused-ring (bicyclic) bond motifs is 1. The van der Waals surface area contributed by atoms with Gasteiger partial charge in [-0.2, -0.15) is 0 Å². The topological polar surface area (TPSA) is 82.6 Å². The molecule has 36 heavy (non-hydrogen) atoms. The maximum atomic E-state index is 13.5. The Bertz CT molecular complexity index is 1510. The van der Waals surface area contributed by atoms with Gasteiger partial charge in [0.25, 0.3) is 11.7 Å². The quantitative estimate of drug-likeness (QED) is 0.202. The summed E-state index contributed by atoms with van der Waals surface area (Å²) >= 11 is 6.49. The summed E-state index contributed by atoms with van der Waals surface area (Å²) < 4.78 is 18.8. The van der Waals surface area contributed by atoms with Crippen molar-refractivity contribution in [3.05, 3.63) is 106 Å². The number of benzene rings is 3. The molecule has 6 nitrogen and oxygen atoms in total. The van der Waals surface area contributed by atoms with Crippen molar-refractivity contribution >= 4 is 40.0 Å². The number of carbonyl (C=O) groups excluding carboxylic acids is 2. The third-order valence-electron chi connectivity index (χ3n) is 6.45. The van der Waals surface area contributed by atoms with Crippen LogP contribution in [0.5, 0.6) is 5.75 Å². The first-order chi connectivity index (χ1) is 17.4. The Kier molecular flexibility index (Phi) is 6.24. The molecule has 8 heteroatoms. The van der Waals surface area contributed by atoms with Crippen molar-refractivity contribution in [1.29, 1.82) is 0 Å². The van der Waals surface area contributed by atoms with E-state index in [0.29, 0.717) is 22.8 Å². The molecule has 1 aliphatic rings. The van der Waals surface area contributed by atoms with Gasteiger partial charge in [-0.15, -0.1) is 0 Å². The Morgan fingerprint density at radius 3 is 2.58 bits per heavy atom. The SMILES string of the molecule is COc1ccc2[nH]cc(CCN3C(=O)C(=O)C(=C(O)c4ccc(F)cc4)[C@H]3c3ccccc3Cl)c2c1. The van der Waals surface area contributed by atoms with Gasteiger partial charge in [0.2, 0.25) is 0 Å². The molecule has 0 aliphatic carbocycles. The second-order valence-electron chi connectivity index (χ2n) is 8.50. The minimum Gasteiger partial charge on any atom is -0.507 e. The van der Waals surface area contributed by atoms with Crippen LogP contribution < -0.4 is 4.74 Å². The Hall–Kier alpha value is -4.10. The number of halogens is 2. The van der Waals surface area contributed by atoms with Crippen molar-refractivity contribution in [2.24, 2.45) is 0 Å². The highest BCUT2D eigenvalue weighted by Gasteiger charge is 2.46.